The van der Waals surface area contributed by atoms with Crippen molar-refractivity contribution in [3.8, 4) is 0 Å². The van der Waals surface area contributed by atoms with Gasteiger partial charge in [-0.15, -0.1) is 0 Å². The molecule has 0 aromatic rings. The highest BCUT2D eigenvalue weighted by Gasteiger charge is 2.46. The van der Waals surface area contributed by atoms with E-state index in [0.29, 0.717) is 0 Å². The second-order valence-corrected chi connectivity index (χ2v) is 18.2. The monoisotopic (exact) mass is 577 g/mol. The third kappa shape index (κ3) is 7.35. The topological polar surface area (TPSA) is 0 Å². The first-order chi connectivity index (χ1) is 20.8. The highest BCUT2D eigenvalue weighted by molar-refractivity contribution is 4.97. The van der Waals surface area contributed by atoms with Gasteiger partial charge < -0.3 is 0 Å². The molecule has 7 saturated carbocycles. The van der Waals surface area contributed by atoms with E-state index < -0.39 is 0 Å². The molecule has 0 aliphatic heterocycles. The van der Waals surface area contributed by atoms with E-state index in [-0.39, 0.29) is 0 Å². The lowest BCUT2D eigenvalue weighted by Gasteiger charge is -2.52. The Balaban J connectivity index is 1.01. The van der Waals surface area contributed by atoms with Crippen LogP contribution in [0.15, 0.2) is 0 Å². The summed E-state index contributed by atoms with van der Waals surface area (Å²) in [6, 6.07) is 0. The lowest BCUT2D eigenvalue weighted by Crippen LogP contribution is -2.43. The molecule has 0 heteroatoms. The number of hydrogen-bond donors (Lipinski definition) is 0. The van der Waals surface area contributed by atoms with Crippen LogP contribution in [0.2, 0.25) is 0 Å². The molecule has 0 aromatic heterocycles. The van der Waals surface area contributed by atoms with Crippen LogP contribution in [0.3, 0.4) is 0 Å². The Labute approximate surface area is 263 Å². The van der Waals surface area contributed by atoms with E-state index in [9.17, 15) is 0 Å². The summed E-state index contributed by atoms with van der Waals surface area (Å²) in [6.07, 6.45) is 47.7. The lowest BCUT2D eigenvalue weighted by molar-refractivity contribution is -0.0212. The molecule has 0 bridgehead atoms. The van der Waals surface area contributed by atoms with Gasteiger partial charge in [0, 0.05) is 0 Å². The van der Waals surface area contributed by atoms with Gasteiger partial charge in [0.25, 0.3) is 0 Å². The van der Waals surface area contributed by atoms with Crippen LogP contribution in [0.4, 0.5) is 0 Å². The Morgan fingerprint density at radius 3 is 0.905 bits per heavy atom. The van der Waals surface area contributed by atoms with Gasteiger partial charge in [0.1, 0.15) is 0 Å². The molecule has 0 amide bonds. The predicted octanol–water partition coefficient (Wildman–Crippen LogP) is 13.2. The predicted molar refractivity (Wildman–Crippen MR) is 180 cm³/mol. The molecule has 240 valence electrons. The minimum Gasteiger partial charge on any atom is -0.0533 e. The third-order valence-electron chi connectivity index (χ3n) is 16.0. The molecule has 0 saturated heterocycles. The van der Waals surface area contributed by atoms with Gasteiger partial charge in [-0.3, -0.25) is 0 Å². The first-order valence-corrected chi connectivity index (χ1v) is 20.8. The van der Waals surface area contributed by atoms with E-state index in [1.807, 2.05) is 0 Å². The minimum absolute atomic E-state index is 1.09. The second-order valence-electron chi connectivity index (χ2n) is 18.2. The molecule has 7 rings (SSSR count). The smallest absolute Gasteiger partial charge is 0.0352 e. The van der Waals surface area contributed by atoms with E-state index in [1.165, 1.54) is 25.7 Å². The number of rotatable bonds is 8. The maximum Gasteiger partial charge on any atom is -0.0352 e. The molecule has 6 atom stereocenters. The summed E-state index contributed by atoms with van der Waals surface area (Å²) in [7, 11) is 0. The molecule has 0 spiro atoms. The van der Waals surface area contributed by atoms with E-state index in [1.54, 1.807) is 167 Å². The Kier molecular flexibility index (Phi) is 11.0. The van der Waals surface area contributed by atoms with E-state index in [2.05, 4.69) is 0 Å². The van der Waals surface area contributed by atoms with E-state index in [0.717, 1.165) is 71.0 Å². The molecular weight excluding hydrogens is 504 g/mol. The van der Waals surface area contributed by atoms with Gasteiger partial charge in [-0.05, 0) is 122 Å². The van der Waals surface area contributed by atoms with Gasteiger partial charge in [0.2, 0.25) is 0 Å². The van der Waals surface area contributed by atoms with Crippen molar-refractivity contribution in [1.82, 2.24) is 0 Å². The van der Waals surface area contributed by atoms with E-state index in [4.69, 9.17) is 0 Å². The van der Waals surface area contributed by atoms with Crippen LogP contribution in [0, 0.1) is 71.0 Å². The Morgan fingerprint density at radius 1 is 0.310 bits per heavy atom. The maximum atomic E-state index is 1.67. The molecule has 0 radical (unpaired) electrons. The zero-order valence-electron chi connectivity index (χ0n) is 28.1. The van der Waals surface area contributed by atoms with Crippen LogP contribution in [0.1, 0.15) is 193 Å². The van der Waals surface area contributed by atoms with Crippen LogP contribution >= 0.6 is 0 Å². The van der Waals surface area contributed by atoms with E-state index >= 15 is 0 Å². The van der Waals surface area contributed by atoms with Gasteiger partial charge in [0.05, 0.1) is 0 Å². The van der Waals surface area contributed by atoms with Gasteiger partial charge in [-0.1, -0.05) is 141 Å². The first kappa shape index (κ1) is 30.6. The zero-order chi connectivity index (χ0) is 28.1. The van der Waals surface area contributed by atoms with Crippen molar-refractivity contribution in [1.29, 1.82) is 0 Å². The quantitative estimate of drug-likeness (QED) is 0.269. The van der Waals surface area contributed by atoms with Crippen LogP contribution in [0.25, 0.3) is 0 Å². The first-order valence-electron chi connectivity index (χ1n) is 20.8. The minimum atomic E-state index is 1.09. The van der Waals surface area contributed by atoms with Gasteiger partial charge in [0.15, 0.2) is 0 Å². The SMILES string of the molecule is C1CCC(C(CC2CCC3CCC4CCC(CC(C5CCCCC5)C5CCCCC5)CC4C3C2)C2CCCCC2)CC1. The Morgan fingerprint density at radius 2 is 0.595 bits per heavy atom. The Bertz CT molecular complexity index is 672. The summed E-state index contributed by atoms with van der Waals surface area (Å²) in [5, 5.41) is 0. The molecule has 42 heavy (non-hydrogen) atoms. The lowest BCUT2D eigenvalue weighted by atomic mass is 9.53. The van der Waals surface area contributed by atoms with Crippen LogP contribution < -0.4 is 0 Å². The largest absolute Gasteiger partial charge is 0.0533 e. The van der Waals surface area contributed by atoms with Gasteiger partial charge >= 0.3 is 0 Å². The summed E-state index contributed by atoms with van der Waals surface area (Å²) in [5.41, 5.74) is 0. The summed E-state index contributed by atoms with van der Waals surface area (Å²) < 4.78 is 0. The van der Waals surface area contributed by atoms with Gasteiger partial charge in [-0.2, -0.15) is 0 Å². The van der Waals surface area contributed by atoms with Crippen molar-refractivity contribution in [3.63, 3.8) is 0 Å². The van der Waals surface area contributed by atoms with Crippen LogP contribution in [-0.4, -0.2) is 0 Å². The third-order valence-corrected chi connectivity index (χ3v) is 16.0. The fourth-order valence-corrected chi connectivity index (χ4v) is 13.9. The van der Waals surface area contributed by atoms with Crippen molar-refractivity contribution in [2.75, 3.05) is 0 Å². The highest BCUT2D eigenvalue weighted by atomic mass is 14.5. The maximum absolute atomic E-state index is 1.67. The fourth-order valence-electron chi connectivity index (χ4n) is 13.9. The van der Waals surface area contributed by atoms with Crippen molar-refractivity contribution < 1.29 is 0 Å². The van der Waals surface area contributed by atoms with Crippen LogP contribution in [-0.2, 0) is 0 Å². The summed E-state index contributed by atoms with van der Waals surface area (Å²) in [4.78, 5) is 0. The normalized spacial score (nSPS) is 38.4. The van der Waals surface area contributed by atoms with Crippen LogP contribution in [0.5, 0.6) is 0 Å². The average molecular weight is 577 g/mol. The molecule has 0 N–H and O–H groups in total. The van der Waals surface area contributed by atoms with Crippen molar-refractivity contribution in [2.24, 2.45) is 71.0 Å². The molecule has 0 heterocycles. The number of fused-ring (bicyclic) bond motifs is 3. The van der Waals surface area contributed by atoms with Gasteiger partial charge in [-0.25, -0.2) is 0 Å². The molecule has 7 fully saturated rings. The molecular formula is C42H72. The zero-order valence-corrected chi connectivity index (χ0v) is 28.1. The number of hydrogen-bond acceptors (Lipinski definition) is 0. The fraction of sp³-hybridized carbons (Fsp3) is 1.00. The Hall–Kier alpha value is 0. The second kappa shape index (κ2) is 15.1. The highest BCUT2D eigenvalue weighted by Crippen LogP contribution is 2.56. The molecule has 7 aliphatic rings. The standard InChI is InChI=1S/C42H72/c1-5-13-33(14-6-1)39(34-15-7-2-8-16-34)27-31-21-23-37-25-26-38-24-22-32(30-42(38)41(37)29-31)28-40(35-17-9-3-10-18-35)36-19-11-4-12-20-36/h31-42H,1-30H2. The molecule has 0 nitrogen and oxygen atoms in total. The molecule has 0 aromatic carbocycles. The molecule has 7 aliphatic carbocycles. The average Bonchev–Trinajstić information content (AvgIpc) is 3.07. The summed E-state index contributed by atoms with van der Waals surface area (Å²) in [5.74, 6) is 13.3. The van der Waals surface area contributed by atoms with Crippen molar-refractivity contribution in [2.45, 2.75) is 193 Å². The van der Waals surface area contributed by atoms with Crippen molar-refractivity contribution >= 4 is 0 Å². The molecule has 6 unspecified atom stereocenters. The van der Waals surface area contributed by atoms with Crippen molar-refractivity contribution in [3.05, 3.63) is 0 Å². The summed E-state index contributed by atoms with van der Waals surface area (Å²) in [6.45, 7) is 0. The summed E-state index contributed by atoms with van der Waals surface area (Å²) >= 11 is 0.